The third-order valence-electron chi connectivity index (χ3n) is 6.22. The Labute approximate surface area is 168 Å². The predicted molar refractivity (Wildman–Crippen MR) is 111 cm³/mol. The molecule has 0 spiro atoms. The van der Waals surface area contributed by atoms with E-state index in [1.54, 1.807) is 7.11 Å². The summed E-state index contributed by atoms with van der Waals surface area (Å²) in [7, 11) is 1.70. The number of hydrogen-bond acceptors (Lipinski definition) is 3. The summed E-state index contributed by atoms with van der Waals surface area (Å²) in [6, 6.07) is 16.9. The van der Waals surface area contributed by atoms with E-state index in [4.69, 9.17) is 4.74 Å². The summed E-state index contributed by atoms with van der Waals surface area (Å²) in [4.78, 5) is 17.4. The molecule has 0 saturated carbocycles. The Balaban J connectivity index is 1.23. The number of carbonyl (C=O) groups is 1. The number of ether oxygens (including phenoxy) is 1. The summed E-state index contributed by atoms with van der Waals surface area (Å²) in [6.07, 6.45) is 3.93. The zero-order valence-electron chi connectivity index (χ0n) is 16.8. The Morgan fingerprint density at radius 1 is 1.00 bits per heavy atom. The molecule has 2 aromatic rings. The molecule has 1 fully saturated rings. The van der Waals surface area contributed by atoms with Crippen molar-refractivity contribution in [3.8, 4) is 5.75 Å². The van der Waals surface area contributed by atoms with Gasteiger partial charge < -0.3 is 9.64 Å². The molecule has 1 saturated heterocycles. The highest BCUT2D eigenvalue weighted by Gasteiger charge is 2.26. The second-order valence-electron chi connectivity index (χ2n) is 8.11. The SMILES string of the molecule is COc1ccc(CN2CCC(CC(=O)N3CCc4ccccc4C3)CC2)cc1. The highest BCUT2D eigenvalue weighted by atomic mass is 16.5. The molecule has 2 aromatic carbocycles. The van der Waals surface area contributed by atoms with Crippen molar-refractivity contribution >= 4 is 5.91 Å². The van der Waals surface area contributed by atoms with Crippen molar-refractivity contribution in [2.75, 3.05) is 26.7 Å². The second kappa shape index (κ2) is 8.78. The van der Waals surface area contributed by atoms with Gasteiger partial charge in [-0.3, -0.25) is 9.69 Å². The fourth-order valence-corrected chi connectivity index (χ4v) is 4.42. The summed E-state index contributed by atoms with van der Waals surface area (Å²) in [5, 5.41) is 0. The highest BCUT2D eigenvalue weighted by Crippen LogP contribution is 2.25. The van der Waals surface area contributed by atoms with Crippen molar-refractivity contribution in [2.45, 2.75) is 38.8 Å². The maximum Gasteiger partial charge on any atom is 0.223 e. The van der Waals surface area contributed by atoms with E-state index in [-0.39, 0.29) is 0 Å². The number of fused-ring (bicyclic) bond motifs is 1. The molecular weight excluding hydrogens is 348 g/mol. The first-order chi connectivity index (χ1) is 13.7. The highest BCUT2D eigenvalue weighted by molar-refractivity contribution is 5.76. The average molecular weight is 379 g/mol. The van der Waals surface area contributed by atoms with Gasteiger partial charge in [-0.1, -0.05) is 36.4 Å². The Hall–Kier alpha value is -2.33. The van der Waals surface area contributed by atoms with Gasteiger partial charge >= 0.3 is 0 Å². The number of carbonyl (C=O) groups excluding carboxylic acids is 1. The molecule has 0 aromatic heterocycles. The molecule has 2 heterocycles. The largest absolute Gasteiger partial charge is 0.497 e. The van der Waals surface area contributed by atoms with Crippen molar-refractivity contribution in [1.29, 1.82) is 0 Å². The summed E-state index contributed by atoms with van der Waals surface area (Å²) < 4.78 is 5.23. The lowest BCUT2D eigenvalue weighted by Crippen LogP contribution is -2.39. The van der Waals surface area contributed by atoms with Gasteiger partial charge in [0.2, 0.25) is 5.91 Å². The molecule has 0 radical (unpaired) electrons. The molecule has 0 N–H and O–H groups in total. The number of likely N-dealkylation sites (tertiary alicyclic amines) is 1. The minimum atomic E-state index is 0.336. The smallest absolute Gasteiger partial charge is 0.223 e. The van der Waals surface area contributed by atoms with Crippen molar-refractivity contribution in [3.05, 3.63) is 65.2 Å². The second-order valence-corrected chi connectivity index (χ2v) is 8.11. The Bertz CT molecular complexity index is 795. The first-order valence-electron chi connectivity index (χ1n) is 10.4. The van der Waals surface area contributed by atoms with Gasteiger partial charge in [0.25, 0.3) is 0 Å². The Morgan fingerprint density at radius 2 is 1.71 bits per heavy atom. The number of benzene rings is 2. The first-order valence-corrected chi connectivity index (χ1v) is 10.4. The number of amides is 1. The molecule has 2 aliphatic rings. The summed E-state index contributed by atoms with van der Waals surface area (Å²) >= 11 is 0. The van der Waals surface area contributed by atoms with Crippen molar-refractivity contribution < 1.29 is 9.53 Å². The van der Waals surface area contributed by atoms with Crippen molar-refractivity contribution in [1.82, 2.24) is 9.80 Å². The lowest BCUT2D eigenvalue weighted by molar-refractivity contribution is -0.133. The quantitative estimate of drug-likeness (QED) is 0.791. The Morgan fingerprint density at radius 3 is 2.43 bits per heavy atom. The van der Waals surface area contributed by atoms with E-state index in [2.05, 4.69) is 46.2 Å². The van der Waals surface area contributed by atoms with Gasteiger partial charge in [-0.15, -0.1) is 0 Å². The van der Waals surface area contributed by atoms with Gasteiger partial charge in [0.05, 0.1) is 7.11 Å². The van der Waals surface area contributed by atoms with Gasteiger partial charge in [-0.25, -0.2) is 0 Å². The van der Waals surface area contributed by atoms with E-state index in [1.807, 2.05) is 12.1 Å². The zero-order valence-corrected chi connectivity index (χ0v) is 16.8. The molecule has 0 unspecified atom stereocenters. The molecular formula is C24H30N2O2. The molecule has 148 valence electrons. The topological polar surface area (TPSA) is 32.8 Å². The minimum Gasteiger partial charge on any atom is -0.497 e. The van der Waals surface area contributed by atoms with Crippen LogP contribution in [0.1, 0.15) is 36.0 Å². The van der Waals surface area contributed by atoms with Gasteiger partial charge in [-0.2, -0.15) is 0 Å². The lowest BCUT2D eigenvalue weighted by atomic mass is 9.92. The van der Waals surface area contributed by atoms with Gasteiger partial charge in [0.1, 0.15) is 5.75 Å². The summed E-state index contributed by atoms with van der Waals surface area (Å²) in [5.41, 5.74) is 4.04. The average Bonchev–Trinajstić information content (AvgIpc) is 2.75. The van der Waals surface area contributed by atoms with E-state index in [1.165, 1.54) is 16.7 Å². The zero-order chi connectivity index (χ0) is 19.3. The van der Waals surface area contributed by atoms with Crippen LogP contribution < -0.4 is 4.74 Å². The number of piperidine rings is 1. The van der Waals surface area contributed by atoms with E-state index in [0.29, 0.717) is 18.2 Å². The van der Waals surface area contributed by atoms with Crippen LogP contribution in [0, 0.1) is 5.92 Å². The number of methoxy groups -OCH3 is 1. The normalized spacial score (nSPS) is 18.0. The van der Waals surface area contributed by atoms with Gasteiger partial charge in [-0.05, 0) is 67.1 Å². The van der Waals surface area contributed by atoms with Gasteiger partial charge in [0.15, 0.2) is 0 Å². The van der Waals surface area contributed by atoms with Crippen LogP contribution in [-0.4, -0.2) is 42.5 Å². The van der Waals surface area contributed by atoms with E-state index >= 15 is 0 Å². The van der Waals surface area contributed by atoms with Gasteiger partial charge in [0, 0.05) is 26.1 Å². The third kappa shape index (κ3) is 4.56. The molecule has 4 nitrogen and oxygen atoms in total. The molecule has 0 aliphatic carbocycles. The van der Waals surface area contributed by atoms with Crippen LogP contribution in [0.2, 0.25) is 0 Å². The van der Waals surface area contributed by atoms with Crippen LogP contribution in [-0.2, 0) is 24.3 Å². The van der Waals surface area contributed by atoms with Crippen LogP contribution >= 0.6 is 0 Å². The number of hydrogen-bond donors (Lipinski definition) is 0. The molecule has 0 atom stereocenters. The molecule has 1 amide bonds. The van der Waals surface area contributed by atoms with Crippen LogP contribution in [0.5, 0.6) is 5.75 Å². The maximum atomic E-state index is 12.8. The summed E-state index contributed by atoms with van der Waals surface area (Å²) in [5.74, 6) is 1.77. The summed E-state index contributed by atoms with van der Waals surface area (Å²) in [6.45, 7) is 4.78. The van der Waals surface area contributed by atoms with Crippen molar-refractivity contribution in [3.63, 3.8) is 0 Å². The van der Waals surface area contributed by atoms with Crippen LogP contribution in [0.15, 0.2) is 48.5 Å². The molecule has 0 bridgehead atoms. The van der Waals surface area contributed by atoms with Crippen LogP contribution in [0.4, 0.5) is 0 Å². The van der Waals surface area contributed by atoms with Crippen molar-refractivity contribution in [2.24, 2.45) is 5.92 Å². The fourth-order valence-electron chi connectivity index (χ4n) is 4.42. The predicted octanol–water partition coefficient (Wildman–Crippen LogP) is 3.88. The number of rotatable bonds is 5. The monoisotopic (exact) mass is 378 g/mol. The fraction of sp³-hybridized carbons (Fsp3) is 0.458. The third-order valence-corrected chi connectivity index (χ3v) is 6.22. The molecule has 4 heteroatoms. The molecule has 28 heavy (non-hydrogen) atoms. The first kappa shape index (κ1) is 19.0. The maximum absolute atomic E-state index is 12.8. The number of nitrogens with zero attached hydrogens (tertiary/aromatic N) is 2. The lowest BCUT2D eigenvalue weighted by Gasteiger charge is -2.34. The van der Waals surface area contributed by atoms with Crippen LogP contribution in [0.3, 0.4) is 0 Å². The molecule has 2 aliphatic heterocycles. The Kier molecular flexibility index (Phi) is 5.96. The standard InChI is InChI=1S/C24H30N2O2/c1-28-23-8-6-20(7-9-23)17-25-13-10-19(11-14-25)16-24(27)26-15-12-21-4-2-3-5-22(21)18-26/h2-9,19H,10-18H2,1H3. The molecule has 4 rings (SSSR count). The van der Waals surface area contributed by atoms with Crippen LogP contribution in [0.25, 0.3) is 0 Å². The van der Waals surface area contributed by atoms with E-state index in [0.717, 1.165) is 57.7 Å². The van der Waals surface area contributed by atoms with E-state index in [9.17, 15) is 4.79 Å². The minimum absolute atomic E-state index is 0.336. The van der Waals surface area contributed by atoms with E-state index < -0.39 is 0 Å².